The lowest BCUT2D eigenvalue weighted by atomic mass is 10.2. The minimum absolute atomic E-state index is 0.0525. The van der Waals surface area contributed by atoms with Crippen LogP contribution in [0.1, 0.15) is 69.3 Å². The van der Waals surface area contributed by atoms with Crippen LogP contribution in [0, 0.1) is 0 Å². The van der Waals surface area contributed by atoms with Crippen molar-refractivity contribution in [3.8, 4) is 0 Å². The Morgan fingerprint density at radius 1 is 1.25 bits per heavy atom. The number of oxazole rings is 1. The lowest BCUT2D eigenvalue weighted by molar-refractivity contribution is 0.0515. The minimum atomic E-state index is -3.75. The Kier molecular flexibility index (Phi) is 8.43. The topological polar surface area (TPSA) is 134 Å². The molecule has 1 unspecified atom stereocenters. The number of carbonyl (C=O) groups is 2. The summed E-state index contributed by atoms with van der Waals surface area (Å²) < 4.78 is 43.4. The van der Waals surface area contributed by atoms with Gasteiger partial charge in [0.25, 0.3) is 10.1 Å². The van der Waals surface area contributed by atoms with Gasteiger partial charge in [-0.2, -0.15) is 8.42 Å². The van der Waals surface area contributed by atoms with Crippen LogP contribution in [0.4, 0.5) is 4.79 Å². The van der Waals surface area contributed by atoms with Crippen molar-refractivity contribution in [3.63, 3.8) is 0 Å². The molecule has 0 aromatic carbocycles. The van der Waals surface area contributed by atoms with Crippen molar-refractivity contribution in [2.75, 3.05) is 19.4 Å². The summed E-state index contributed by atoms with van der Waals surface area (Å²) in [6.45, 7) is 8.79. The fourth-order valence-electron chi connectivity index (χ4n) is 2.12. The van der Waals surface area contributed by atoms with Crippen LogP contribution in [-0.2, 0) is 30.2 Å². The molecule has 0 bridgehead atoms. The average molecular weight is 420 g/mol. The molecule has 0 aliphatic heterocycles. The first kappa shape index (κ1) is 23.9. The molecule has 0 saturated heterocycles. The number of carbonyl (C=O) groups excluding carboxylic acids is 2. The average Bonchev–Trinajstić information content (AvgIpc) is 2.94. The first-order chi connectivity index (χ1) is 12.9. The molecule has 1 amide bonds. The molecule has 0 fully saturated rings. The maximum atomic E-state index is 12.1. The van der Waals surface area contributed by atoms with Crippen molar-refractivity contribution in [1.29, 1.82) is 0 Å². The van der Waals surface area contributed by atoms with Crippen molar-refractivity contribution < 1.29 is 36.1 Å². The van der Waals surface area contributed by atoms with Crippen LogP contribution in [0.2, 0.25) is 0 Å². The molecule has 11 heteroatoms. The maximum absolute atomic E-state index is 12.1. The van der Waals surface area contributed by atoms with Crippen LogP contribution in [0.5, 0.6) is 0 Å². The molecule has 0 saturated carbocycles. The van der Waals surface area contributed by atoms with Gasteiger partial charge in [-0.25, -0.2) is 14.6 Å². The Morgan fingerprint density at radius 2 is 1.89 bits per heavy atom. The highest BCUT2D eigenvalue weighted by atomic mass is 32.2. The van der Waals surface area contributed by atoms with Gasteiger partial charge in [-0.1, -0.05) is 6.92 Å². The van der Waals surface area contributed by atoms with Crippen molar-refractivity contribution >= 4 is 22.2 Å². The monoisotopic (exact) mass is 420 g/mol. The highest BCUT2D eigenvalue weighted by Crippen LogP contribution is 2.25. The molecule has 10 nitrogen and oxygen atoms in total. The minimum Gasteiger partial charge on any atom is -0.461 e. The third-order valence-corrected chi connectivity index (χ3v) is 3.72. The van der Waals surface area contributed by atoms with Crippen LogP contribution in [0.25, 0.3) is 0 Å². The number of alkyl carbamates (subject to hydrolysis) is 1. The molecular weight excluding hydrogens is 392 g/mol. The van der Waals surface area contributed by atoms with Gasteiger partial charge in [-0.3, -0.25) is 4.18 Å². The van der Waals surface area contributed by atoms with E-state index in [9.17, 15) is 18.0 Å². The van der Waals surface area contributed by atoms with E-state index in [1.54, 1.807) is 34.6 Å². The summed E-state index contributed by atoms with van der Waals surface area (Å²) in [7, 11) is -3.75. The van der Waals surface area contributed by atoms with E-state index in [1.165, 1.54) is 0 Å². The van der Waals surface area contributed by atoms with Gasteiger partial charge in [0, 0.05) is 13.0 Å². The van der Waals surface area contributed by atoms with Crippen LogP contribution in [-0.4, -0.2) is 50.5 Å². The quantitative estimate of drug-likeness (QED) is 0.472. The van der Waals surface area contributed by atoms with Gasteiger partial charge in [0.1, 0.15) is 11.4 Å². The van der Waals surface area contributed by atoms with Crippen molar-refractivity contribution in [3.05, 3.63) is 17.3 Å². The molecule has 1 aromatic rings. The van der Waals surface area contributed by atoms with E-state index in [0.717, 1.165) is 6.26 Å². The van der Waals surface area contributed by atoms with Crippen molar-refractivity contribution in [2.24, 2.45) is 0 Å². The van der Waals surface area contributed by atoms with Gasteiger partial charge >= 0.3 is 12.1 Å². The number of hydrogen-bond acceptors (Lipinski definition) is 9. The third-order valence-electron chi connectivity index (χ3n) is 3.14. The molecular formula is C17H28N2O8S. The normalized spacial score (nSPS) is 13.1. The van der Waals surface area contributed by atoms with Gasteiger partial charge in [0.15, 0.2) is 11.8 Å². The lowest BCUT2D eigenvalue weighted by Crippen LogP contribution is -2.33. The van der Waals surface area contributed by atoms with E-state index in [0.29, 0.717) is 0 Å². The number of nitrogens with one attached hydrogen (secondary N) is 1. The Bertz CT molecular complexity index is 780. The fraction of sp³-hybridized carbons (Fsp3) is 0.706. The standard InChI is InChI=1S/C17H28N2O8S/c1-7-11(27-28(6,22)23)14-19-13(15(20)24-8-2)12(25-14)9-10-18-16(21)26-17(3,4)5/h11H,7-10H2,1-6H3,(H,18,21). The third kappa shape index (κ3) is 8.26. The molecule has 0 aliphatic rings. The van der Waals surface area contributed by atoms with Crippen molar-refractivity contribution in [2.45, 2.75) is 59.2 Å². The number of aromatic nitrogens is 1. The molecule has 0 radical (unpaired) electrons. The molecule has 28 heavy (non-hydrogen) atoms. The summed E-state index contributed by atoms with van der Waals surface area (Å²) in [6, 6.07) is 0. The van der Waals surface area contributed by atoms with E-state index in [-0.39, 0.29) is 43.3 Å². The summed E-state index contributed by atoms with van der Waals surface area (Å²) in [5.41, 5.74) is -0.727. The van der Waals surface area contributed by atoms with Crippen LogP contribution in [0.15, 0.2) is 4.42 Å². The number of ether oxygens (including phenoxy) is 2. The first-order valence-electron chi connectivity index (χ1n) is 8.88. The molecule has 1 atom stereocenters. The number of hydrogen-bond donors (Lipinski definition) is 1. The first-order valence-corrected chi connectivity index (χ1v) is 10.7. The van der Waals surface area contributed by atoms with Gasteiger partial charge in [-0.05, 0) is 34.1 Å². The smallest absolute Gasteiger partial charge is 0.407 e. The Balaban J connectivity index is 2.97. The Morgan fingerprint density at radius 3 is 2.39 bits per heavy atom. The second kappa shape index (κ2) is 9.87. The molecule has 1 rings (SSSR count). The maximum Gasteiger partial charge on any atom is 0.407 e. The van der Waals surface area contributed by atoms with Crippen LogP contribution < -0.4 is 5.32 Å². The molecule has 1 aromatic heterocycles. The second-order valence-corrected chi connectivity index (χ2v) is 8.52. The highest BCUT2D eigenvalue weighted by Gasteiger charge is 2.27. The largest absolute Gasteiger partial charge is 0.461 e. The van der Waals surface area contributed by atoms with Crippen LogP contribution in [0.3, 0.4) is 0 Å². The zero-order chi connectivity index (χ0) is 21.5. The number of nitrogens with zero attached hydrogens (tertiary/aromatic N) is 1. The molecule has 0 aliphatic carbocycles. The Hall–Kier alpha value is -2.14. The molecule has 160 valence electrons. The summed E-state index contributed by atoms with van der Waals surface area (Å²) >= 11 is 0. The van der Waals surface area contributed by atoms with Gasteiger partial charge < -0.3 is 19.2 Å². The molecule has 1 heterocycles. The summed E-state index contributed by atoms with van der Waals surface area (Å²) in [5, 5.41) is 2.55. The summed E-state index contributed by atoms with van der Waals surface area (Å²) in [5.74, 6) is -0.609. The fourth-order valence-corrected chi connectivity index (χ4v) is 2.76. The number of rotatable bonds is 9. The zero-order valence-corrected chi connectivity index (χ0v) is 17.8. The molecule has 1 N–H and O–H groups in total. The predicted octanol–water partition coefficient (Wildman–Crippen LogP) is 2.35. The van der Waals surface area contributed by atoms with Crippen LogP contribution >= 0.6 is 0 Å². The number of amides is 1. The molecule has 0 spiro atoms. The van der Waals surface area contributed by atoms with Gasteiger partial charge in [0.05, 0.1) is 12.9 Å². The predicted molar refractivity (Wildman–Crippen MR) is 99.4 cm³/mol. The SMILES string of the molecule is CCOC(=O)c1nc(C(CC)OS(C)(=O)=O)oc1CCNC(=O)OC(C)(C)C. The Labute approximate surface area is 165 Å². The number of esters is 1. The van der Waals surface area contributed by atoms with Gasteiger partial charge in [-0.15, -0.1) is 0 Å². The van der Waals surface area contributed by atoms with Gasteiger partial charge in [0.2, 0.25) is 5.89 Å². The van der Waals surface area contributed by atoms with E-state index >= 15 is 0 Å². The van der Waals surface area contributed by atoms with E-state index in [1.807, 2.05) is 0 Å². The van der Waals surface area contributed by atoms with E-state index in [4.69, 9.17) is 18.1 Å². The lowest BCUT2D eigenvalue weighted by Gasteiger charge is -2.19. The second-order valence-electron chi connectivity index (χ2n) is 6.92. The summed E-state index contributed by atoms with van der Waals surface area (Å²) in [6.07, 6.45) is -0.301. The highest BCUT2D eigenvalue weighted by molar-refractivity contribution is 7.86. The van der Waals surface area contributed by atoms with Crippen molar-refractivity contribution in [1.82, 2.24) is 10.3 Å². The van der Waals surface area contributed by atoms with E-state index in [2.05, 4.69) is 10.3 Å². The van der Waals surface area contributed by atoms with E-state index < -0.39 is 33.9 Å². The summed E-state index contributed by atoms with van der Waals surface area (Å²) in [4.78, 5) is 27.9. The zero-order valence-electron chi connectivity index (χ0n) is 17.0.